The zero-order valence-electron chi connectivity index (χ0n) is 8.92. The Morgan fingerprint density at radius 3 is 2.88 bits per heavy atom. The third kappa shape index (κ3) is 1.86. The fourth-order valence-electron chi connectivity index (χ4n) is 1.62. The molecule has 1 N–H and O–H groups in total. The topological polar surface area (TPSA) is 63.1 Å². The van der Waals surface area contributed by atoms with E-state index >= 15 is 0 Å². The molecule has 2 rings (SSSR count). The molecule has 0 saturated carbocycles. The Labute approximate surface area is 93.0 Å². The lowest BCUT2D eigenvalue weighted by atomic mass is 10.1. The minimum absolute atomic E-state index is 0.383. The lowest BCUT2D eigenvalue weighted by Crippen LogP contribution is -2.13. The van der Waals surface area contributed by atoms with Crippen molar-refractivity contribution < 1.29 is 9.90 Å². The van der Waals surface area contributed by atoms with Crippen LogP contribution in [0.2, 0.25) is 0 Å². The number of benzene rings is 1. The summed E-state index contributed by atoms with van der Waals surface area (Å²) in [4.78, 5) is 19.4. The molecule has 0 fully saturated rings. The summed E-state index contributed by atoms with van der Waals surface area (Å²) in [6.45, 7) is 1.82. The number of carboxylic acid groups (broad SMARTS) is 1. The van der Waals surface area contributed by atoms with Crippen molar-refractivity contribution in [1.82, 2.24) is 9.97 Å². The van der Waals surface area contributed by atoms with Crippen molar-refractivity contribution in [1.29, 1.82) is 0 Å². The Morgan fingerprint density at radius 1 is 1.44 bits per heavy atom. The Kier molecular flexibility index (Phi) is 2.81. The number of fused-ring (bicyclic) bond motifs is 1. The van der Waals surface area contributed by atoms with E-state index in [1.54, 1.807) is 6.20 Å². The summed E-state index contributed by atoms with van der Waals surface area (Å²) in [5.74, 6) is -1.11. The summed E-state index contributed by atoms with van der Waals surface area (Å²) in [6.07, 6.45) is 2.16. The quantitative estimate of drug-likeness (QED) is 0.854. The van der Waals surface area contributed by atoms with Gasteiger partial charge in [0.1, 0.15) is 11.7 Å². The molecule has 4 heteroatoms. The molecule has 2 aromatic rings. The first-order valence-corrected chi connectivity index (χ1v) is 5.17. The number of carbonyl (C=O) groups is 1. The molecule has 1 atom stereocenters. The maximum atomic E-state index is 11.0. The minimum atomic E-state index is -0.877. The van der Waals surface area contributed by atoms with Crippen LogP contribution in [-0.2, 0) is 4.79 Å². The van der Waals surface area contributed by atoms with Crippen LogP contribution in [0, 0.1) is 0 Å². The second kappa shape index (κ2) is 4.26. The van der Waals surface area contributed by atoms with E-state index in [9.17, 15) is 4.79 Å². The van der Waals surface area contributed by atoms with Gasteiger partial charge in [0.2, 0.25) is 0 Å². The largest absolute Gasteiger partial charge is 0.481 e. The average Bonchev–Trinajstić information content (AvgIpc) is 2.29. The van der Waals surface area contributed by atoms with Gasteiger partial charge in [-0.3, -0.25) is 4.79 Å². The van der Waals surface area contributed by atoms with Crippen LogP contribution in [-0.4, -0.2) is 21.0 Å². The molecule has 1 aromatic heterocycles. The number of hydrogen-bond acceptors (Lipinski definition) is 3. The van der Waals surface area contributed by atoms with Crippen LogP contribution in [0.3, 0.4) is 0 Å². The standard InChI is InChI=1S/C12H12N2O2/c1-2-9(12(15)16)11-13-7-8-5-3-4-6-10(8)14-11/h3-7,9H,2H2,1H3,(H,15,16). The molecule has 1 heterocycles. The molecule has 0 spiro atoms. The van der Waals surface area contributed by atoms with E-state index in [2.05, 4.69) is 9.97 Å². The van der Waals surface area contributed by atoms with E-state index in [0.717, 1.165) is 10.9 Å². The third-order valence-electron chi connectivity index (χ3n) is 2.53. The maximum Gasteiger partial charge on any atom is 0.314 e. The molecular weight excluding hydrogens is 204 g/mol. The van der Waals surface area contributed by atoms with Crippen LogP contribution in [0.1, 0.15) is 25.1 Å². The number of aliphatic carboxylic acids is 1. The van der Waals surface area contributed by atoms with Crippen molar-refractivity contribution >= 4 is 16.9 Å². The predicted octanol–water partition coefficient (Wildman–Crippen LogP) is 2.21. The van der Waals surface area contributed by atoms with Gasteiger partial charge in [0.05, 0.1) is 5.52 Å². The van der Waals surface area contributed by atoms with Gasteiger partial charge in [-0.2, -0.15) is 0 Å². The molecule has 16 heavy (non-hydrogen) atoms. The Hall–Kier alpha value is -1.97. The first-order chi connectivity index (χ1) is 7.72. The van der Waals surface area contributed by atoms with Crippen molar-refractivity contribution in [2.24, 2.45) is 0 Å². The summed E-state index contributed by atoms with van der Waals surface area (Å²) >= 11 is 0. The Balaban J connectivity index is 2.49. The second-order valence-electron chi connectivity index (χ2n) is 3.59. The number of carboxylic acids is 1. The van der Waals surface area contributed by atoms with Crippen LogP contribution in [0.5, 0.6) is 0 Å². The first kappa shape index (κ1) is 10.5. The average molecular weight is 216 g/mol. The molecule has 1 unspecified atom stereocenters. The fraction of sp³-hybridized carbons (Fsp3) is 0.250. The van der Waals surface area contributed by atoms with E-state index in [1.807, 2.05) is 31.2 Å². The summed E-state index contributed by atoms with van der Waals surface area (Å²) in [7, 11) is 0. The summed E-state index contributed by atoms with van der Waals surface area (Å²) in [6, 6.07) is 7.54. The van der Waals surface area contributed by atoms with Crippen LogP contribution >= 0.6 is 0 Å². The molecule has 0 bridgehead atoms. The lowest BCUT2D eigenvalue weighted by molar-refractivity contribution is -0.139. The summed E-state index contributed by atoms with van der Waals surface area (Å²) in [5, 5.41) is 9.94. The van der Waals surface area contributed by atoms with Gasteiger partial charge in [0.25, 0.3) is 0 Å². The van der Waals surface area contributed by atoms with Gasteiger partial charge in [0, 0.05) is 11.6 Å². The van der Waals surface area contributed by atoms with E-state index in [1.165, 1.54) is 0 Å². The zero-order valence-corrected chi connectivity index (χ0v) is 8.92. The molecule has 1 aromatic carbocycles. The highest BCUT2D eigenvalue weighted by Crippen LogP contribution is 2.18. The monoisotopic (exact) mass is 216 g/mol. The van der Waals surface area contributed by atoms with Gasteiger partial charge < -0.3 is 5.11 Å². The van der Waals surface area contributed by atoms with Crippen LogP contribution in [0.25, 0.3) is 10.9 Å². The van der Waals surface area contributed by atoms with Crippen molar-refractivity contribution in [2.75, 3.05) is 0 Å². The minimum Gasteiger partial charge on any atom is -0.481 e. The fourth-order valence-corrected chi connectivity index (χ4v) is 1.62. The summed E-state index contributed by atoms with van der Waals surface area (Å²) in [5.41, 5.74) is 0.784. The highest BCUT2D eigenvalue weighted by molar-refractivity contribution is 5.79. The Bertz CT molecular complexity index is 525. The lowest BCUT2D eigenvalue weighted by Gasteiger charge is -2.08. The van der Waals surface area contributed by atoms with Crippen LogP contribution in [0.4, 0.5) is 0 Å². The SMILES string of the molecule is CCC(C(=O)O)c1ncc2ccccc2n1. The van der Waals surface area contributed by atoms with Gasteiger partial charge in [-0.1, -0.05) is 25.1 Å². The second-order valence-corrected chi connectivity index (χ2v) is 3.59. The molecule has 0 aliphatic heterocycles. The molecule has 0 aliphatic rings. The number of aromatic nitrogens is 2. The van der Waals surface area contributed by atoms with Crippen molar-refractivity contribution in [3.8, 4) is 0 Å². The van der Waals surface area contributed by atoms with Gasteiger partial charge in [0.15, 0.2) is 0 Å². The first-order valence-electron chi connectivity index (χ1n) is 5.17. The number of hydrogen-bond donors (Lipinski definition) is 1. The van der Waals surface area contributed by atoms with Crippen LogP contribution < -0.4 is 0 Å². The van der Waals surface area contributed by atoms with Crippen LogP contribution in [0.15, 0.2) is 30.5 Å². The highest BCUT2D eigenvalue weighted by Gasteiger charge is 2.20. The smallest absolute Gasteiger partial charge is 0.314 e. The molecule has 0 aliphatic carbocycles. The number of nitrogens with zero attached hydrogens (tertiary/aromatic N) is 2. The third-order valence-corrected chi connectivity index (χ3v) is 2.53. The molecule has 0 amide bonds. The summed E-state index contributed by atoms with van der Waals surface area (Å²) < 4.78 is 0. The normalized spacial score (nSPS) is 12.6. The van der Waals surface area contributed by atoms with E-state index in [0.29, 0.717) is 12.2 Å². The Morgan fingerprint density at radius 2 is 2.19 bits per heavy atom. The van der Waals surface area contributed by atoms with Gasteiger partial charge in [-0.05, 0) is 12.5 Å². The van der Waals surface area contributed by atoms with Crippen molar-refractivity contribution in [2.45, 2.75) is 19.3 Å². The van der Waals surface area contributed by atoms with Gasteiger partial charge in [-0.15, -0.1) is 0 Å². The number of rotatable bonds is 3. The molecule has 0 radical (unpaired) electrons. The van der Waals surface area contributed by atoms with Crippen molar-refractivity contribution in [3.05, 3.63) is 36.3 Å². The molecular formula is C12H12N2O2. The van der Waals surface area contributed by atoms with Gasteiger partial charge >= 0.3 is 5.97 Å². The van der Waals surface area contributed by atoms with E-state index < -0.39 is 11.9 Å². The molecule has 0 saturated heterocycles. The molecule has 4 nitrogen and oxygen atoms in total. The maximum absolute atomic E-state index is 11.0. The van der Waals surface area contributed by atoms with E-state index in [4.69, 9.17) is 5.11 Å². The number of para-hydroxylation sites is 1. The predicted molar refractivity (Wildman–Crippen MR) is 60.2 cm³/mol. The van der Waals surface area contributed by atoms with E-state index in [-0.39, 0.29) is 0 Å². The molecule has 82 valence electrons. The highest BCUT2D eigenvalue weighted by atomic mass is 16.4. The van der Waals surface area contributed by atoms with Crippen molar-refractivity contribution in [3.63, 3.8) is 0 Å². The van der Waals surface area contributed by atoms with Gasteiger partial charge in [-0.25, -0.2) is 9.97 Å². The zero-order chi connectivity index (χ0) is 11.5.